The van der Waals surface area contributed by atoms with Crippen molar-refractivity contribution in [1.29, 1.82) is 0 Å². The van der Waals surface area contributed by atoms with Gasteiger partial charge in [0.1, 0.15) is 4.32 Å². The molecular weight excluding hydrogens is 388 g/mol. The number of carbonyl (C=O) groups excluding carboxylic acids is 2. The van der Waals surface area contributed by atoms with E-state index in [1.807, 2.05) is 18.2 Å². The third-order valence-corrected chi connectivity index (χ3v) is 5.32. The molecule has 1 atom stereocenters. The SMILES string of the molecule is COCCN1C(=O)C(CC(=O)Nc2ccccc2Br)SC1=S. The van der Waals surface area contributed by atoms with E-state index in [9.17, 15) is 9.59 Å². The van der Waals surface area contributed by atoms with Crippen LogP contribution >= 0.6 is 39.9 Å². The highest BCUT2D eigenvalue weighted by Crippen LogP contribution is 2.30. The number of anilines is 1. The molecule has 0 spiro atoms. The predicted octanol–water partition coefficient (Wildman–Crippen LogP) is 2.65. The Morgan fingerprint density at radius 2 is 2.23 bits per heavy atom. The molecule has 0 bridgehead atoms. The predicted molar refractivity (Wildman–Crippen MR) is 95.0 cm³/mol. The van der Waals surface area contributed by atoms with Crippen LogP contribution in [-0.4, -0.2) is 46.5 Å². The Bertz CT molecular complexity index is 597. The summed E-state index contributed by atoms with van der Waals surface area (Å²) in [4.78, 5) is 25.9. The highest BCUT2D eigenvalue weighted by Gasteiger charge is 2.37. The number of hydrogen-bond donors (Lipinski definition) is 1. The first-order chi connectivity index (χ1) is 10.5. The Labute approximate surface area is 146 Å². The van der Waals surface area contributed by atoms with Crippen LogP contribution in [0.4, 0.5) is 5.69 Å². The molecule has 1 saturated heterocycles. The van der Waals surface area contributed by atoms with E-state index >= 15 is 0 Å². The van der Waals surface area contributed by atoms with Gasteiger partial charge in [0.15, 0.2) is 0 Å². The molecule has 118 valence electrons. The average molecular weight is 403 g/mol. The maximum absolute atomic E-state index is 12.2. The summed E-state index contributed by atoms with van der Waals surface area (Å²) in [7, 11) is 1.57. The molecule has 0 aliphatic carbocycles. The number of hydrogen-bond acceptors (Lipinski definition) is 5. The number of nitrogens with zero attached hydrogens (tertiary/aromatic N) is 1. The molecule has 1 N–H and O–H groups in total. The van der Waals surface area contributed by atoms with E-state index in [1.165, 1.54) is 16.7 Å². The van der Waals surface area contributed by atoms with Gasteiger partial charge in [-0.2, -0.15) is 0 Å². The second-order valence-electron chi connectivity index (χ2n) is 4.59. The first-order valence-corrected chi connectivity index (χ1v) is 8.66. The van der Waals surface area contributed by atoms with E-state index in [-0.39, 0.29) is 18.2 Å². The average Bonchev–Trinajstić information content (AvgIpc) is 2.74. The van der Waals surface area contributed by atoms with Crippen molar-refractivity contribution < 1.29 is 14.3 Å². The molecule has 1 aromatic rings. The summed E-state index contributed by atoms with van der Waals surface area (Å²) in [6, 6.07) is 7.33. The quantitative estimate of drug-likeness (QED) is 0.741. The molecule has 0 aromatic heterocycles. The van der Waals surface area contributed by atoms with E-state index in [2.05, 4.69) is 21.2 Å². The molecule has 0 saturated carbocycles. The fourth-order valence-electron chi connectivity index (χ4n) is 1.94. The van der Waals surface area contributed by atoms with Crippen LogP contribution in [0.3, 0.4) is 0 Å². The highest BCUT2D eigenvalue weighted by molar-refractivity contribution is 9.10. The molecule has 1 aliphatic rings. The van der Waals surface area contributed by atoms with Gasteiger partial charge in [-0.05, 0) is 28.1 Å². The fourth-order valence-corrected chi connectivity index (χ4v) is 3.87. The number of amides is 2. The number of rotatable bonds is 6. The lowest BCUT2D eigenvalue weighted by Crippen LogP contribution is -2.35. The van der Waals surface area contributed by atoms with Gasteiger partial charge in [0.05, 0.1) is 24.1 Å². The van der Waals surface area contributed by atoms with Crippen LogP contribution in [0, 0.1) is 0 Å². The lowest BCUT2D eigenvalue weighted by Gasteiger charge is -2.14. The van der Waals surface area contributed by atoms with Crippen molar-refractivity contribution in [3.8, 4) is 0 Å². The zero-order chi connectivity index (χ0) is 16.1. The molecule has 5 nitrogen and oxygen atoms in total. The van der Waals surface area contributed by atoms with E-state index in [4.69, 9.17) is 17.0 Å². The number of para-hydroxylation sites is 1. The van der Waals surface area contributed by atoms with Gasteiger partial charge >= 0.3 is 0 Å². The molecular formula is C14H15BrN2O3S2. The van der Waals surface area contributed by atoms with Crippen molar-refractivity contribution in [3.63, 3.8) is 0 Å². The van der Waals surface area contributed by atoms with E-state index in [0.29, 0.717) is 23.2 Å². The minimum Gasteiger partial charge on any atom is -0.383 e. The van der Waals surface area contributed by atoms with E-state index in [0.717, 1.165) is 4.47 Å². The molecule has 8 heteroatoms. The van der Waals surface area contributed by atoms with Crippen LogP contribution in [0.2, 0.25) is 0 Å². The number of carbonyl (C=O) groups is 2. The third kappa shape index (κ3) is 4.28. The van der Waals surface area contributed by atoms with Gasteiger partial charge in [-0.1, -0.05) is 36.1 Å². The smallest absolute Gasteiger partial charge is 0.242 e. The molecule has 1 aromatic carbocycles. The summed E-state index contributed by atoms with van der Waals surface area (Å²) in [5.41, 5.74) is 0.682. The standard InChI is InChI=1S/C14H15BrN2O3S2/c1-20-7-6-17-13(19)11(22-14(17)21)8-12(18)16-10-5-3-2-4-9(10)15/h2-5,11H,6-8H2,1H3,(H,16,18). The number of nitrogens with one attached hydrogen (secondary N) is 1. The van der Waals surface area contributed by atoms with Gasteiger partial charge in [0, 0.05) is 18.0 Å². The van der Waals surface area contributed by atoms with Gasteiger partial charge in [0.25, 0.3) is 0 Å². The number of methoxy groups -OCH3 is 1. The van der Waals surface area contributed by atoms with Crippen molar-refractivity contribution >= 4 is 61.7 Å². The maximum Gasteiger partial charge on any atom is 0.242 e. The molecule has 22 heavy (non-hydrogen) atoms. The van der Waals surface area contributed by atoms with Crippen LogP contribution in [0.1, 0.15) is 6.42 Å². The summed E-state index contributed by atoms with van der Waals surface area (Å²) in [6.45, 7) is 0.839. The fraction of sp³-hybridized carbons (Fsp3) is 0.357. The van der Waals surface area contributed by atoms with Crippen LogP contribution in [0.25, 0.3) is 0 Å². The highest BCUT2D eigenvalue weighted by atomic mass is 79.9. The van der Waals surface area contributed by atoms with Crippen LogP contribution in [-0.2, 0) is 14.3 Å². The second kappa shape index (κ2) is 8.05. The number of thiocarbonyl (C=S) groups is 1. The lowest BCUT2D eigenvalue weighted by molar-refractivity contribution is -0.128. The summed E-state index contributed by atoms with van der Waals surface area (Å²) in [6.07, 6.45) is 0.0917. The summed E-state index contributed by atoms with van der Waals surface area (Å²) < 4.78 is 6.26. The normalized spacial score (nSPS) is 17.9. The minimum atomic E-state index is -0.466. The number of ether oxygens (including phenoxy) is 1. The molecule has 0 radical (unpaired) electrons. The van der Waals surface area contributed by atoms with Gasteiger partial charge < -0.3 is 10.1 Å². The second-order valence-corrected chi connectivity index (χ2v) is 7.28. The number of benzene rings is 1. The van der Waals surface area contributed by atoms with Crippen LogP contribution in [0.15, 0.2) is 28.7 Å². The zero-order valence-electron chi connectivity index (χ0n) is 11.9. The molecule has 1 unspecified atom stereocenters. The Morgan fingerprint density at radius 3 is 2.91 bits per heavy atom. The first-order valence-electron chi connectivity index (χ1n) is 6.58. The van der Waals surface area contributed by atoms with Crippen molar-refractivity contribution in [2.75, 3.05) is 25.6 Å². The molecule has 2 rings (SSSR count). The Kier molecular flexibility index (Phi) is 6.37. The Morgan fingerprint density at radius 1 is 1.50 bits per heavy atom. The summed E-state index contributed by atoms with van der Waals surface area (Å²) >= 11 is 9.81. The minimum absolute atomic E-state index is 0.0917. The Hall–Kier alpha value is -0.960. The number of thioether (sulfide) groups is 1. The van der Waals surface area contributed by atoms with Crippen molar-refractivity contribution in [3.05, 3.63) is 28.7 Å². The molecule has 1 heterocycles. The first kappa shape index (κ1) is 17.4. The topological polar surface area (TPSA) is 58.6 Å². The Balaban J connectivity index is 1.93. The molecule has 1 fully saturated rings. The van der Waals surface area contributed by atoms with Crippen LogP contribution in [0.5, 0.6) is 0 Å². The monoisotopic (exact) mass is 402 g/mol. The van der Waals surface area contributed by atoms with Crippen molar-refractivity contribution in [2.24, 2.45) is 0 Å². The van der Waals surface area contributed by atoms with Crippen LogP contribution < -0.4 is 5.32 Å². The van der Waals surface area contributed by atoms with E-state index < -0.39 is 5.25 Å². The molecule has 2 amide bonds. The van der Waals surface area contributed by atoms with E-state index in [1.54, 1.807) is 13.2 Å². The lowest BCUT2D eigenvalue weighted by atomic mass is 10.2. The molecule has 1 aliphatic heterocycles. The summed E-state index contributed by atoms with van der Waals surface area (Å²) in [5.74, 6) is -0.344. The van der Waals surface area contributed by atoms with Gasteiger partial charge in [-0.3, -0.25) is 14.5 Å². The zero-order valence-corrected chi connectivity index (χ0v) is 15.1. The van der Waals surface area contributed by atoms with Gasteiger partial charge in [-0.15, -0.1) is 0 Å². The number of halogens is 1. The third-order valence-electron chi connectivity index (χ3n) is 3.04. The van der Waals surface area contributed by atoms with Gasteiger partial charge in [-0.25, -0.2) is 0 Å². The van der Waals surface area contributed by atoms with Crippen molar-refractivity contribution in [2.45, 2.75) is 11.7 Å². The maximum atomic E-state index is 12.2. The summed E-state index contributed by atoms with van der Waals surface area (Å²) in [5, 5.41) is 2.33. The van der Waals surface area contributed by atoms with Gasteiger partial charge in [0.2, 0.25) is 11.8 Å². The largest absolute Gasteiger partial charge is 0.383 e. The van der Waals surface area contributed by atoms with Crippen molar-refractivity contribution in [1.82, 2.24) is 4.90 Å².